The first-order valence-corrected chi connectivity index (χ1v) is 7.91. The molecule has 0 bridgehead atoms. The van der Waals surface area contributed by atoms with Crippen molar-refractivity contribution in [2.24, 2.45) is 11.8 Å². The van der Waals surface area contributed by atoms with Crippen LogP contribution in [0.2, 0.25) is 5.15 Å². The zero-order valence-corrected chi connectivity index (χ0v) is 14.3. The molecule has 1 aliphatic rings. The molecule has 1 saturated carbocycles. The Kier molecular flexibility index (Phi) is 4.35. The Labute approximate surface area is 140 Å². The van der Waals surface area contributed by atoms with Crippen LogP contribution in [-0.2, 0) is 0 Å². The van der Waals surface area contributed by atoms with E-state index in [1.165, 1.54) is 7.11 Å². The quantitative estimate of drug-likeness (QED) is 0.835. The van der Waals surface area contributed by atoms with Gasteiger partial charge in [0.2, 0.25) is 5.88 Å². The van der Waals surface area contributed by atoms with Crippen LogP contribution in [0.1, 0.15) is 31.7 Å². The lowest BCUT2D eigenvalue weighted by Gasteiger charge is -2.10. The molecule has 122 valence electrons. The molecule has 2 aromatic heterocycles. The van der Waals surface area contributed by atoms with E-state index in [9.17, 15) is 0 Å². The van der Waals surface area contributed by atoms with Crippen molar-refractivity contribution >= 4 is 11.6 Å². The van der Waals surface area contributed by atoms with Crippen LogP contribution in [0.3, 0.4) is 0 Å². The Bertz CT molecular complexity index is 723. The predicted molar refractivity (Wildman–Crippen MR) is 86.9 cm³/mol. The summed E-state index contributed by atoms with van der Waals surface area (Å²) in [7, 11) is 3.05. The van der Waals surface area contributed by atoms with Crippen LogP contribution < -0.4 is 9.47 Å². The maximum atomic E-state index is 6.25. The van der Waals surface area contributed by atoms with Gasteiger partial charge < -0.3 is 9.47 Å². The van der Waals surface area contributed by atoms with E-state index in [1.54, 1.807) is 13.3 Å². The van der Waals surface area contributed by atoms with Crippen molar-refractivity contribution in [1.29, 1.82) is 0 Å². The van der Waals surface area contributed by atoms with E-state index in [4.69, 9.17) is 21.1 Å². The van der Waals surface area contributed by atoms with Gasteiger partial charge in [0.15, 0.2) is 5.15 Å². The number of halogens is 1. The first kappa shape index (κ1) is 15.9. The molecule has 2 heterocycles. The van der Waals surface area contributed by atoms with Gasteiger partial charge in [0.1, 0.15) is 5.69 Å². The molecule has 0 amide bonds. The summed E-state index contributed by atoms with van der Waals surface area (Å²) in [5.74, 6) is 2.13. The van der Waals surface area contributed by atoms with Crippen LogP contribution in [0.5, 0.6) is 11.9 Å². The molecule has 0 radical (unpaired) electrons. The van der Waals surface area contributed by atoms with Gasteiger partial charge in [-0.15, -0.1) is 10.2 Å². The molecule has 0 spiro atoms. The van der Waals surface area contributed by atoms with Crippen molar-refractivity contribution in [1.82, 2.24) is 20.2 Å². The van der Waals surface area contributed by atoms with Gasteiger partial charge in [0, 0.05) is 6.20 Å². The molecule has 1 fully saturated rings. The second-order valence-electron chi connectivity index (χ2n) is 6.01. The summed E-state index contributed by atoms with van der Waals surface area (Å²) in [4.78, 5) is 8.31. The fourth-order valence-electron chi connectivity index (χ4n) is 2.87. The summed E-state index contributed by atoms with van der Waals surface area (Å²) in [6.07, 6.45) is 2.76. The Morgan fingerprint density at radius 3 is 2.61 bits per heavy atom. The summed E-state index contributed by atoms with van der Waals surface area (Å²) in [6.45, 7) is 4.46. The van der Waals surface area contributed by atoms with E-state index >= 15 is 0 Å². The lowest BCUT2D eigenvalue weighted by Crippen LogP contribution is -2.01. The average molecular weight is 335 g/mol. The summed E-state index contributed by atoms with van der Waals surface area (Å²) in [5, 5.41) is 8.74. The number of methoxy groups -OCH3 is 2. The number of aromatic nitrogens is 4. The SMILES string of the molecule is COc1ncc(-c2cc([C@@H]3C[C@H]3C(C)C)c(Cl)nn2)c(OC)n1. The highest BCUT2D eigenvalue weighted by Crippen LogP contribution is 2.53. The highest BCUT2D eigenvalue weighted by molar-refractivity contribution is 6.30. The van der Waals surface area contributed by atoms with Gasteiger partial charge >= 0.3 is 6.01 Å². The molecular weight excluding hydrogens is 316 g/mol. The van der Waals surface area contributed by atoms with Crippen LogP contribution in [0, 0.1) is 11.8 Å². The van der Waals surface area contributed by atoms with Crippen LogP contribution in [-0.4, -0.2) is 34.4 Å². The Morgan fingerprint density at radius 1 is 1.22 bits per heavy atom. The van der Waals surface area contributed by atoms with Crippen LogP contribution >= 0.6 is 11.6 Å². The van der Waals surface area contributed by atoms with Gasteiger partial charge in [-0.2, -0.15) is 4.98 Å². The second-order valence-corrected chi connectivity index (χ2v) is 6.36. The van der Waals surface area contributed by atoms with Crippen molar-refractivity contribution in [2.75, 3.05) is 14.2 Å². The van der Waals surface area contributed by atoms with Gasteiger partial charge in [-0.25, -0.2) is 4.98 Å². The van der Waals surface area contributed by atoms with Crippen LogP contribution in [0.15, 0.2) is 12.3 Å². The normalized spacial score (nSPS) is 19.7. The molecule has 7 heteroatoms. The minimum Gasteiger partial charge on any atom is -0.480 e. The molecule has 0 saturated heterocycles. The minimum atomic E-state index is 0.245. The largest absolute Gasteiger partial charge is 0.480 e. The lowest BCUT2D eigenvalue weighted by atomic mass is 10.0. The fourth-order valence-corrected chi connectivity index (χ4v) is 3.10. The summed E-state index contributed by atoms with van der Waals surface area (Å²) in [6, 6.07) is 2.21. The second kappa shape index (κ2) is 6.28. The average Bonchev–Trinajstić information content (AvgIpc) is 3.35. The van der Waals surface area contributed by atoms with Crippen molar-refractivity contribution in [3.05, 3.63) is 23.0 Å². The van der Waals surface area contributed by atoms with Gasteiger partial charge in [0.05, 0.1) is 19.8 Å². The molecule has 23 heavy (non-hydrogen) atoms. The molecule has 0 aromatic carbocycles. The topological polar surface area (TPSA) is 70.0 Å². The van der Waals surface area contributed by atoms with E-state index in [1.807, 2.05) is 6.07 Å². The van der Waals surface area contributed by atoms with Crippen molar-refractivity contribution in [3.63, 3.8) is 0 Å². The van der Waals surface area contributed by atoms with Crippen molar-refractivity contribution in [3.8, 4) is 23.1 Å². The van der Waals surface area contributed by atoms with Gasteiger partial charge in [0.25, 0.3) is 0 Å². The van der Waals surface area contributed by atoms with E-state index in [0.29, 0.717) is 40.0 Å². The third-order valence-corrected chi connectivity index (χ3v) is 4.55. The summed E-state index contributed by atoms with van der Waals surface area (Å²) < 4.78 is 10.3. The van der Waals surface area contributed by atoms with Gasteiger partial charge in [-0.1, -0.05) is 25.4 Å². The first-order chi connectivity index (χ1) is 11.0. The molecule has 1 aliphatic carbocycles. The lowest BCUT2D eigenvalue weighted by molar-refractivity contribution is 0.353. The zero-order valence-electron chi connectivity index (χ0n) is 13.6. The van der Waals surface area contributed by atoms with E-state index in [2.05, 4.69) is 34.0 Å². The molecule has 2 atom stereocenters. The number of hydrogen-bond acceptors (Lipinski definition) is 6. The summed E-state index contributed by atoms with van der Waals surface area (Å²) in [5.41, 5.74) is 2.35. The third-order valence-electron chi connectivity index (χ3n) is 4.26. The number of nitrogens with zero attached hydrogens (tertiary/aromatic N) is 4. The molecule has 2 aromatic rings. The molecule has 0 N–H and O–H groups in total. The molecule has 3 rings (SSSR count). The zero-order chi connectivity index (χ0) is 16.6. The Hall–Kier alpha value is -1.95. The Balaban J connectivity index is 1.98. The number of rotatable bonds is 5. The van der Waals surface area contributed by atoms with Crippen LogP contribution in [0.25, 0.3) is 11.3 Å². The van der Waals surface area contributed by atoms with E-state index in [-0.39, 0.29) is 6.01 Å². The van der Waals surface area contributed by atoms with E-state index in [0.717, 1.165) is 12.0 Å². The highest BCUT2D eigenvalue weighted by atomic mass is 35.5. The fraction of sp³-hybridized carbons (Fsp3) is 0.500. The maximum Gasteiger partial charge on any atom is 0.319 e. The smallest absolute Gasteiger partial charge is 0.319 e. The Morgan fingerprint density at radius 2 is 2.00 bits per heavy atom. The molecule has 0 unspecified atom stereocenters. The van der Waals surface area contributed by atoms with Crippen molar-refractivity contribution in [2.45, 2.75) is 26.2 Å². The summed E-state index contributed by atoms with van der Waals surface area (Å²) >= 11 is 6.25. The van der Waals surface area contributed by atoms with E-state index < -0.39 is 0 Å². The van der Waals surface area contributed by atoms with Gasteiger partial charge in [-0.3, -0.25) is 0 Å². The number of ether oxygens (including phenoxy) is 2. The highest BCUT2D eigenvalue weighted by Gasteiger charge is 2.42. The van der Waals surface area contributed by atoms with Crippen LogP contribution in [0.4, 0.5) is 0 Å². The molecule has 6 nitrogen and oxygen atoms in total. The minimum absolute atomic E-state index is 0.245. The predicted octanol–water partition coefficient (Wildman–Crippen LogP) is 3.36. The third kappa shape index (κ3) is 3.08. The molecule has 0 aliphatic heterocycles. The molecular formula is C16H19ClN4O2. The number of hydrogen-bond donors (Lipinski definition) is 0. The van der Waals surface area contributed by atoms with Gasteiger partial charge in [-0.05, 0) is 35.8 Å². The van der Waals surface area contributed by atoms with Crippen molar-refractivity contribution < 1.29 is 9.47 Å². The monoisotopic (exact) mass is 334 g/mol. The first-order valence-electron chi connectivity index (χ1n) is 7.53. The standard InChI is InChI=1S/C16H19ClN4O2/c1-8(2)9-5-10(9)11-6-13(20-21-14(11)17)12-7-18-16(23-4)19-15(12)22-3/h6-10H,5H2,1-4H3/t9-,10+/m0/s1. The maximum absolute atomic E-state index is 6.25.